The fraction of sp³-hybridized carbons (Fsp3) is 0.0870. The molecule has 1 amide bonds. The summed E-state index contributed by atoms with van der Waals surface area (Å²) in [7, 11) is 0. The highest BCUT2D eigenvalue weighted by Gasteiger charge is 2.17. The molecule has 0 fully saturated rings. The molecule has 10 heteroatoms. The molecule has 0 aliphatic heterocycles. The van der Waals surface area contributed by atoms with Crippen molar-refractivity contribution in [1.82, 2.24) is 10.3 Å². The summed E-state index contributed by atoms with van der Waals surface area (Å²) in [6, 6.07) is 15.3. The number of aromatic nitrogens is 1. The van der Waals surface area contributed by atoms with Gasteiger partial charge in [-0.2, -0.15) is 0 Å². The third-order valence-electron chi connectivity index (χ3n) is 4.98. The average molecular weight is 479 g/mol. The number of phenolic OH excluding ortho intramolecular Hbond substituents is 1. The van der Waals surface area contributed by atoms with E-state index in [0.717, 1.165) is 10.2 Å². The largest absolute Gasteiger partial charge is 0.507 e. The molecule has 166 valence electrons. The number of rotatable bonds is 4. The van der Waals surface area contributed by atoms with Crippen LogP contribution in [0, 0.1) is 24.0 Å². The second-order valence-electron chi connectivity index (χ2n) is 7.34. The first-order valence-electron chi connectivity index (χ1n) is 9.80. The van der Waals surface area contributed by atoms with Crippen LogP contribution in [0.25, 0.3) is 20.8 Å². The van der Waals surface area contributed by atoms with Gasteiger partial charge in [-0.1, -0.05) is 18.2 Å². The molecule has 0 aliphatic rings. The number of thiazole rings is 1. The number of nitro benzene ring substituents is 1. The lowest BCUT2D eigenvalue weighted by Gasteiger charge is -2.13. The van der Waals surface area contributed by atoms with E-state index in [1.807, 2.05) is 24.3 Å². The summed E-state index contributed by atoms with van der Waals surface area (Å²) in [4.78, 5) is 27.7. The van der Waals surface area contributed by atoms with E-state index >= 15 is 0 Å². The summed E-state index contributed by atoms with van der Waals surface area (Å²) in [5, 5.41) is 27.9. The van der Waals surface area contributed by atoms with Gasteiger partial charge in [0.15, 0.2) is 5.11 Å². The molecule has 0 atom stereocenters. The predicted molar refractivity (Wildman–Crippen MR) is 133 cm³/mol. The molecule has 0 radical (unpaired) electrons. The average Bonchev–Trinajstić information content (AvgIpc) is 3.20. The number of hydrogen-bond acceptors (Lipinski definition) is 7. The number of fused-ring (bicyclic) bond motifs is 1. The monoisotopic (exact) mass is 478 g/mol. The van der Waals surface area contributed by atoms with Crippen LogP contribution in [0.15, 0.2) is 54.6 Å². The summed E-state index contributed by atoms with van der Waals surface area (Å²) in [6.45, 7) is 3.35. The Morgan fingerprint density at radius 1 is 1.12 bits per heavy atom. The lowest BCUT2D eigenvalue weighted by molar-refractivity contribution is -0.385. The summed E-state index contributed by atoms with van der Waals surface area (Å²) >= 11 is 6.72. The molecule has 1 aromatic heterocycles. The van der Waals surface area contributed by atoms with Crippen molar-refractivity contribution in [2.75, 3.05) is 5.32 Å². The minimum atomic E-state index is -0.572. The van der Waals surface area contributed by atoms with E-state index in [2.05, 4.69) is 15.6 Å². The molecule has 3 aromatic carbocycles. The first kappa shape index (κ1) is 22.3. The van der Waals surface area contributed by atoms with Crippen LogP contribution < -0.4 is 10.6 Å². The normalized spacial score (nSPS) is 10.7. The van der Waals surface area contributed by atoms with Crippen LogP contribution in [-0.4, -0.2) is 26.0 Å². The number of amides is 1. The maximum absolute atomic E-state index is 12.5. The maximum atomic E-state index is 12.5. The first-order chi connectivity index (χ1) is 15.7. The number of nitrogens with one attached hydrogen (secondary N) is 2. The summed E-state index contributed by atoms with van der Waals surface area (Å²) in [5.41, 5.74) is 2.98. The van der Waals surface area contributed by atoms with Crippen molar-refractivity contribution in [3.05, 3.63) is 81.4 Å². The molecule has 0 spiro atoms. The summed E-state index contributed by atoms with van der Waals surface area (Å²) < 4.78 is 0.998. The molecule has 0 unspecified atom stereocenters. The van der Waals surface area contributed by atoms with Crippen LogP contribution in [0.2, 0.25) is 0 Å². The van der Waals surface area contributed by atoms with Crippen LogP contribution in [0.5, 0.6) is 5.75 Å². The number of aryl methyl sites for hydroxylation is 2. The number of benzene rings is 3. The SMILES string of the molecule is Cc1ccc(C(=O)NC(=S)Nc2cc(C)c(O)c(-c3nc4ccccc4s3)c2)cc1[N+](=O)[O-]. The van der Waals surface area contributed by atoms with E-state index in [9.17, 15) is 20.0 Å². The van der Waals surface area contributed by atoms with E-state index < -0.39 is 10.8 Å². The van der Waals surface area contributed by atoms with Gasteiger partial charge in [0.2, 0.25) is 0 Å². The predicted octanol–water partition coefficient (Wildman–Crippen LogP) is 5.32. The zero-order valence-corrected chi connectivity index (χ0v) is 19.2. The molecule has 33 heavy (non-hydrogen) atoms. The number of nitrogens with zero attached hydrogens (tertiary/aromatic N) is 2. The number of anilines is 1. The quantitative estimate of drug-likeness (QED) is 0.157. The number of carbonyl (C=O) groups excluding carboxylic acids is 1. The van der Waals surface area contributed by atoms with Gasteiger partial charge in [-0.05, 0) is 62.0 Å². The second-order valence-corrected chi connectivity index (χ2v) is 8.78. The number of carbonyl (C=O) groups is 1. The Balaban J connectivity index is 1.55. The fourth-order valence-corrected chi connectivity index (χ4v) is 4.48. The Bertz CT molecular complexity index is 1400. The highest BCUT2D eigenvalue weighted by atomic mass is 32.1. The molecule has 4 rings (SSSR count). The number of aromatic hydroxyl groups is 1. The third-order valence-corrected chi connectivity index (χ3v) is 6.25. The highest BCUT2D eigenvalue weighted by Crippen LogP contribution is 2.38. The Hall–Kier alpha value is -3.89. The Morgan fingerprint density at radius 2 is 1.88 bits per heavy atom. The van der Waals surface area contributed by atoms with Crippen LogP contribution >= 0.6 is 23.6 Å². The molecule has 0 saturated carbocycles. The fourth-order valence-electron chi connectivity index (χ4n) is 3.29. The van der Waals surface area contributed by atoms with Crippen LogP contribution in [0.1, 0.15) is 21.5 Å². The number of hydrogen-bond donors (Lipinski definition) is 3. The van der Waals surface area contributed by atoms with Gasteiger partial charge in [-0.15, -0.1) is 11.3 Å². The highest BCUT2D eigenvalue weighted by molar-refractivity contribution is 7.80. The van der Waals surface area contributed by atoms with Crippen molar-refractivity contribution in [3.63, 3.8) is 0 Å². The van der Waals surface area contributed by atoms with Crippen molar-refractivity contribution >= 4 is 56.2 Å². The maximum Gasteiger partial charge on any atom is 0.273 e. The Labute approximate surface area is 198 Å². The van der Waals surface area contributed by atoms with Gasteiger partial charge in [0.1, 0.15) is 10.8 Å². The first-order valence-corrected chi connectivity index (χ1v) is 11.0. The van der Waals surface area contributed by atoms with Crippen LogP contribution in [0.4, 0.5) is 11.4 Å². The molecular weight excluding hydrogens is 460 g/mol. The van der Waals surface area contributed by atoms with Gasteiger partial charge < -0.3 is 10.4 Å². The van der Waals surface area contributed by atoms with Crippen molar-refractivity contribution in [3.8, 4) is 16.3 Å². The smallest absolute Gasteiger partial charge is 0.273 e. The standard InChI is InChI=1S/C23H18N4O4S2/c1-12-7-8-14(10-18(12)27(30)31)21(29)26-23(32)24-15-9-13(2)20(28)16(11-15)22-25-17-5-3-4-6-19(17)33-22/h3-11,28H,1-2H3,(H2,24,26,29,32). The summed E-state index contributed by atoms with van der Waals surface area (Å²) in [5.74, 6) is -0.459. The van der Waals surface area contributed by atoms with Crippen molar-refractivity contribution < 1.29 is 14.8 Å². The lowest BCUT2D eigenvalue weighted by Crippen LogP contribution is -2.34. The summed E-state index contributed by atoms with van der Waals surface area (Å²) in [6.07, 6.45) is 0. The number of para-hydroxylation sites is 1. The van der Waals surface area contributed by atoms with Gasteiger partial charge in [-0.3, -0.25) is 20.2 Å². The van der Waals surface area contributed by atoms with E-state index in [0.29, 0.717) is 27.4 Å². The zero-order valence-electron chi connectivity index (χ0n) is 17.6. The Kier molecular flexibility index (Phi) is 6.03. The Morgan fingerprint density at radius 3 is 2.61 bits per heavy atom. The van der Waals surface area contributed by atoms with Crippen LogP contribution in [0.3, 0.4) is 0 Å². The van der Waals surface area contributed by atoms with E-state index in [4.69, 9.17) is 12.2 Å². The molecule has 3 N–H and O–H groups in total. The number of thiocarbonyl (C=S) groups is 1. The zero-order chi connectivity index (χ0) is 23.7. The van der Waals surface area contributed by atoms with E-state index in [1.54, 1.807) is 26.0 Å². The topological polar surface area (TPSA) is 117 Å². The molecule has 4 aromatic rings. The number of nitro groups is 1. The van der Waals surface area contributed by atoms with Gasteiger partial charge in [-0.25, -0.2) is 4.98 Å². The minimum Gasteiger partial charge on any atom is -0.507 e. The van der Waals surface area contributed by atoms with Crippen LogP contribution in [-0.2, 0) is 0 Å². The second kappa shape index (κ2) is 8.93. The van der Waals surface area contributed by atoms with Gasteiger partial charge in [0.05, 0.1) is 20.7 Å². The molecule has 0 aliphatic carbocycles. The molecule has 0 saturated heterocycles. The van der Waals surface area contributed by atoms with Gasteiger partial charge >= 0.3 is 0 Å². The van der Waals surface area contributed by atoms with E-state index in [-0.39, 0.29) is 22.1 Å². The van der Waals surface area contributed by atoms with Crippen molar-refractivity contribution in [1.29, 1.82) is 0 Å². The minimum absolute atomic E-state index is 0.0172. The number of phenols is 1. The molecule has 1 heterocycles. The molecule has 8 nitrogen and oxygen atoms in total. The molecule has 0 bridgehead atoms. The van der Waals surface area contributed by atoms with Gasteiger partial charge in [0.25, 0.3) is 11.6 Å². The van der Waals surface area contributed by atoms with E-state index in [1.165, 1.54) is 29.5 Å². The molecular formula is C23H18N4O4S2. The van der Waals surface area contributed by atoms with Crippen molar-refractivity contribution in [2.45, 2.75) is 13.8 Å². The third kappa shape index (κ3) is 4.66. The van der Waals surface area contributed by atoms with Gasteiger partial charge in [0, 0.05) is 22.9 Å². The lowest BCUT2D eigenvalue weighted by atomic mass is 10.1. The van der Waals surface area contributed by atoms with Crippen molar-refractivity contribution in [2.24, 2.45) is 0 Å².